The number of halogens is 1. The molecule has 0 saturated carbocycles. The predicted octanol–water partition coefficient (Wildman–Crippen LogP) is 5.69. The summed E-state index contributed by atoms with van der Waals surface area (Å²) in [5, 5.41) is 7.92. The molecule has 3 aromatic rings. The Morgan fingerprint density at radius 2 is 1.87 bits per heavy atom. The first-order chi connectivity index (χ1) is 14.6. The second kappa shape index (κ2) is 8.71. The van der Waals surface area contributed by atoms with Crippen molar-refractivity contribution in [2.45, 2.75) is 32.7 Å². The predicted molar refractivity (Wildman–Crippen MR) is 117 cm³/mol. The van der Waals surface area contributed by atoms with Gasteiger partial charge in [-0.1, -0.05) is 60.4 Å². The van der Waals surface area contributed by atoms with Gasteiger partial charge in [-0.2, -0.15) is 4.98 Å². The molecular formula is C23H23ClN4O2. The second-order valence-corrected chi connectivity index (χ2v) is 7.66. The fourth-order valence-electron chi connectivity index (χ4n) is 3.59. The number of carbonyl (C=O) groups is 1. The van der Waals surface area contributed by atoms with E-state index in [1.165, 1.54) is 0 Å². The van der Waals surface area contributed by atoms with Crippen LogP contribution in [0.1, 0.15) is 44.2 Å². The van der Waals surface area contributed by atoms with E-state index in [9.17, 15) is 4.79 Å². The van der Waals surface area contributed by atoms with E-state index in [2.05, 4.69) is 22.4 Å². The summed E-state index contributed by atoms with van der Waals surface area (Å²) >= 11 is 5.99. The van der Waals surface area contributed by atoms with Crippen LogP contribution in [0.5, 0.6) is 0 Å². The number of hydrogen-bond donors (Lipinski definition) is 1. The maximum atomic E-state index is 12.8. The molecule has 2 amide bonds. The Hall–Kier alpha value is -3.12. The lowest BCUT2D eigenvalue weighted by Crippen LogP contribution is -2.46. The Morgan fingerprint density at radius 3 is 2.57 bits per heavy atom. The molecule has 1 aliphatic heterocycles. The number of allylic oxidation sites excluding steroid dienone is 1. The number of aromatic nitrogens is 2. The average Bonchev–Trinajstić information content (AvgIpc) is 3.24. The molecule has 1 unspecified atom stereocenters. The highest BCUT2D eigenvalue weighted by Gasteiger charge is 2.35. The van der Waals surface area contributed by atoms with Gasteiger partial charge in [-0.05, 0) is 43.2 Å². The standard InChI is InChI=1S/C23H23ClN4O2/c1-3-4-14-28-15(2)19(20(25-23(28)29)16-8-6-5-7-9-16)22-26-21(27-30-22)17-10-12-18(24)13-11-17/h5-13,20H,3-4,14H2,1-2H3,(H,25,29). The van der Waals surface area contributed by atoms with Crippen molar-refractivity contribution in [2.75, 3.05) is 6.54 Å². The normalized spacial score (nSPS) is 16.7. The highest BCUT2D eigenvalue weighted by molar-refractivity contribution is 6.30. The SMILES string of the molecule is CCCCN1C(=O)NC(c2ccccc2)C(c2nc(-c3ccc(Cl)cc3)no2)=C1C. The summed E-state index contributed by atoms with van der Waals surface area (Å²) < 4.78 is 5.67. The lowest BCUT2D eigenvalue weighted by molar-refractivity contribution is 0.204. The molecule has 0 saturated heterocycles. The monoisotopic (exact) mass is 422 g/mol. The summed E-state index contributed by atoms with van der Waals surface area (Å²) in [5.41, 5.74) is 3.41. The van der Waals surface area contributed by atoms with Crippen molar-refractivity contribution in [3.05, 3.63) is 76.8 Å². The van der Waals surface area contributed by atoms with Crippen molar-refractivity contribution in [1.82, 2.24) is 20.4 Å². The zero-order valence-corrected chi connectivity index (χ0v) is 17.7. The molecule has 0 aliphatic carbocycles. The molecule has 0 bridgehead atoms. The third-order valence-electron chi connectivity index (χ3n) is 5.22. The fourth-order valence-corrected chi connectivity index (χ4v) is 3.71. The third-order valence-corrected chi connectivity index (χ3v) is 5.48. The van der Waals surface area contributed by atoms with E-state index in [0.29, 0.717) is 23.3 Å². The largest absolute Gasteiger partial charge is 0.334 e. The van der Waals surface area contributed by atoms with E-state index in [0.717, 1.165) is 35.2 Å². The van der Waals surface area contributed by atoms with E-state index in [-0.39, 0.29) is 12.1 Å². The summed E-state index contributed by atoms with van der Waals surface area (Å²) in [6, 6.07) is 16.6. The van der Waals surface area contributed by atoms with Crippen LogP contribution in [0, 0.1) is 0 Å². The van der Waals surface area contributed by atoms with Gasteiger partial charge in [-0.25, -0.2) is 4.79 Å². The molecule has 4 rings (SSSR count). The number of benzene rings is 2. The highest BCUT2D eigenvalue weighted by Crippen LogP contribution is 2.37. The maximum absolute atomic E-state index is 12.8. The Kier molecular flexibility index (Phi) is 5.86. The van der Waals surface area contributed by atoms with Gasteiger partial charge < -0.3 is 9.84 Å². The van der Waals surface area contributed by atoms with E-state index in [1.54, 1.807) is 17.0 Å². The van der Waals surface area contributed by atoms with Gasteiger partial charge in [0.15, 0.2) is 0 Å². The summed E-state index contributed by atoms with van der Waals surface area (Å²) in [7, 11) is 0. The van der Waals surface area contributed by atoms with Crippen LogP contribution < -0.4 is 5.32 Å². The zero-order valence-electron chi connectivity index (χ0n) is 16.9. The molecule has 154 valence electrons. The van der Waals surface area contributed by atoms with Crippen molar-refractivity contribution in [1.29, 1.82) is 0 Å². The number of nitrogens with one attached hydrogen (secondary N) is 1. The zero-order chi connectivity index (χ0) is 21.1. The average molecular weight is 423 g/mol. The molecule has 0 radical (unpaired) electrons. The van der Waals surface area contributed by atoms with E-state index >= 15 is 0 Å². The number of nitrogens with zero attached hydrogens (tertiary/aromatic N) is 3. The van der Waals surface area contributed by atoms with Crippen molar-refractivity contribution in [2.24, 2.45) is 0 Å². The van der Waals surface area contributed by atoms with Gasteiger partial charge in [0.1, 0.15) is 0 Å². The van der Waals surface area contributed by atoms with Crippen LogP contribution in [0.3, 0.4) is 0 Å². The quantitative estimate of drug-likeness (QED) is 0.554. The van der Waals surface area contributed by atoms with Crippen LogP contribution in [-0.2, 0) is 0 Å². The Morgan fingerprint density at radius 1 is 1.13 bits per heavy atom. The van der Waals surface area contributed by atoms with Gasteiger partial charge in [0.05, 0.1) is 11.6 Å². The van der Waals surface area contributed by atoms with E-state index in [4.69, 9.17) is 16.1 Å². The van der Waals surface area contributed by atoms with Crippen LogP contribution in [0.4, 0.5) is 4.79 Å². The smallest absolute Gasteiger partial charge is 0.322 e. The Labute approximate surface area is 180 Å². The minimum Gasteiger partial charge on any atom is -0.334 e. The van der Waals surface area contributed by atoms with Crippen LogP contribution in [0.2, 0.25) is 5.02 Å². The van der Waals surface area contributed by atoms with Crippen molar-refractivity contribution in [3.63, 3.8) is 0 Å². The number of rotatable bonds is 6. The number of unbranched alkanes of at least 4 members (excludes halogenated alkanes) is 1. The van der Waals surface area contributed by atoms with Gasteiger partial charge in [0.25, 0.3) is 5.89 Å². The number of carbonyl (C=O) groups excluding carboxylic acids is 1. The van der Waals surface area contributed by atoms with Crippen LogP contribution in [0.15, 0.2) is 64.8 Å². The number of amides is 2. The molecule has 1 aliphatic rings. The molecule has 6 nitrogen and oxygen atoms in total. The topological polar surface area (TPSA) is 71.3 Å². The van der Waals surface area contributed by atoms with Gasteiger partial charge in [-0.15, -0.1) is 0 Å². The van der Waals surface area contributed by atoms with Crippen LogP contribution in [-0.4, -0.2) is 27.6 Å². The summed E-state index contributed by atoms with van der Waals surface area (Å²) in [5.74, 6) is 0.874. The van der Waals surface area contributed by atoms with Gasteiger partial charge in [-0.3, -0.25) is 4.90 Å². The van der Waals surface area contributed by atoms with Crippen LogP contribution >= 0.6 is 11.6 Å². The molecule has 0 fully saturated rings. The summed E-state index contributed by atoms with van der Waals surface area (Å²) in [6.45, 7) is 4.67. The number of urea groups is 1. The molecule has 1 atom stereocenters. The molecule has 1 N–H and O–H groups in total. The molecule has 2 heterocycles. The second-order valence-electron chi connectivity index (χ2n) is 7.23. The first-order valence-corrected chi connectivity index (χ1v) is 10.4. The minimum absolute atomic E-state index is 0.115. The lowest BCUT2D eigenvalue weighted by Gasteiger charge is -2.35. The van der Waals surface area contributed by atoms with Gasteiger partial charge in [0.2, 0.25) is 5.82 Å². The molecular weight excluding hydrogens is 400 g/mol. The summed E-state index contributed by atoms with van der Waals surface area (Å²) in [6.07, 6.45) is 1.91. The highest BCUT2D eigenvalue weighted by atomic mass is 35.5. The molecule has 1 aromatic heterocycles. The molecule has 7 heteroatoms. The minimum atomic E-state index is -0.366. The van der Waals surface area contributed by atoms with E-state index in [1.807, 2.05) is 49.4 Å². The van der Waals surface area contributed by atoms with Gasteiger partial charge >= 0.3 is 6.03 Å². The summed E-state index contributed by atoms with van der Waals surface area (Å²) in [4.78, 5) is 19.2. The molecule has 0 spiro atoms. The van der Waals surface area contributed by atoms with Crippen LogP contribution in [0.25, 0.3) is 17.0 Å². The Balaban J connectivity index is 1.78. The lowest BCUT2D eigenvalue weighted by atomic mass is 9.94. The molecule has 30 heavy (non-hydrogen) atoms. The van der Waals surface area contributed by atoms with Crippen molar-refractivity contribution < 1.29 is 9.32 Å². The molecule has 2 aromatic carbocycles. The van der Waals surface area contributed by atoms with Crippen molar-refractivity contribution >= 4 is 23.2 Å². The van der Waals surface area contributed by atoms with Crippen molar-refractivity contribution in [3.8, 4) is 11.4 Å². The number of hydrogen-bond acceptors (Lipinski definition) is 4. The van der Waals surface area contributed by atoms with E-state index < -0.39 is 0 Å². The first-order valence-electron chi connectivity index (χ1n) is 10.0. The Bertz CT molecular complexity index is 1060. The maximum Gasteiger partial charge on any atom is 0.322 e. The third kappa shape index (κ3) is 3.96. The van der Waals surface area contributed by atoms with Gasteiger partial charge in [0, 0.05) is 22.8 Å². The first kappa shape index (κ1) is 20.2. The fraction of sp³-hybridized carbons (Fsp3) is 0.261.